The monoisotopic (exact) mass is 267 g/mol. The van der Waals surface area contributed by atoms with E-state index in [0.717, 1.165) is 42.3 Å². The molecule has 2 aromatic rings. The van der Waals surface area contributed by atoms with Crippen LogP contribution in [0.2, 0.25) is 0 Å². The van der Waals surface area contributed by atoms with Gasteiger partial charge in [-0.05, 0) is 31.9 Å². The smallest absolute Gasteiger partial charge is 0.145 e. The molecule has 0 amide bonds. The number of pyridine rings is 1. The Balaban J connectivity index is 1.75. The van der Waals surface area contributed by atoms with E-state index in [2.05, 4.69) is 32.1 Å². The second-order valence-corrected chi connectivity index (χ2v) is 5.30. The topological polar surface area (TPSA) is 66.5 Å². The van der Waals surface area contributed by atoms with E-state index in [1.54, 1.807) is 0 Å². The molecule has 20 heavy (non-hydrogen) atoms. The van der Waals surface area contributed by atoms with Crippen molar-refractivity contribution >= 4 is 5.82 Å². The molecule has 3 rings (SSSR count). The maximum Gasteiger partial charge on any atom is 0.145 e. The van der Waals surface area contributed by atoms with Gasteiger partial charge in [-0.25, -0.2) is 9.97 Å². The number of aryl methyl sites for hydroxylation is 3. The lowest BCUT2D eigenvalue weighted by Crippen LogP contribution is -2.31. The van der Waals surface area contributed by atoms with Crippen LogP contribution in [-0.4, -0.2) is 20.6 Å². The summed E-state index contributed by atoms with van der Waals surface area (Å²) in [6, 6.07) is 6.33. The van der Waals surface area contributed by atoms with Crippen LogP contribution in [0.5, 0.6) is 0 Å². The van der Waals surface area contributed by atoms with Gasteiger partial charge in [-0.15, -0.1) is 0 Å². The van der Waals surface area contributed by atoms with Crippen LogP contribution in [0.15, 0.2) is 18.3 Å². The van der Waals surface area contributed by atoms with Gasteiger partial charge in [-0.3, -0.25) is 0 Å². The van der Waals surface area contributed by atoms with Crippen LogP contribution >= 0.6 is 0 Å². The van der Waals surface area contributed by atoms with Crippen LogP contribution in [-0.2, 0) is 13.0 Å². The molecule has 102 valence electrons. The van der Waals surface area contributed by atoms with Gasteiger partial charge in [-0.1, -0.05) is 6.07 Å². The van der Waals surface area contributed by atoms with Crippen LogP contribution in [0.4, 0.5) is 5.82 Å². The summed E-state index contributed by atoms with van der Waals surface area (Å²) < 4.78 is 2.20. The molecule has 0 spiro atoms. The standard InChI is InChI=1S/C15H17N5/c1-10-3-5-14(19-13(10)7-16)18-12-4-6-15-17-11(2)8-20(15)9-12/h3,5,8,12H,4,6,9H2,1-2H3,(H,18,19). The van der Waals surface area contributed by atoms with Gasteiger partial charge in [-0.2, -0.15) is 5.26 Å². The van der Waals surface area contributed by atoms with Gasteiger partial charge in [0.1, 0.15) is 23.4 Å². The van der Waals surface area contributed by atoms with Gasteiger partial charge >= 0.3 is 0 Å². The first kappa shape index (κ1) is 12.7. The lowest BCUT2D eigenvalue weighted by Gasteiger charge is -2.25. The first-order chi connectivity index (χ1) is 9.65. The molecule has 1 N–H and O–H groups in total. The Morgan fingerprint density at radius 1 is 1.35 bits per heavy atom. The van der Waals surface area contributed by atoms with Crippen molar-refractivity contribution in [2.45, 2.75) is 39.3 Å². The Hall–Kier alpha value is -2.35. The van der Waals surface area contributed by atoms with Crippen LogP contribution in [0, 0.1) is 25.2 Å². The molecule has 0 aliphatic carbocycles. The molecule has 1 aliphatic heterocycles. The van der Waals surface area contributed by atoms with E-state index in [1.165, 1.54) is 0 Å². The first-order valence-corrected chi connectivity index (χ1v) is 6.82. The molecule has 0 saturated carbocycles. The zero-order valence-corrected chi connectivity index (χ0v) is 11.7. The molecular formula is C15H17N5. The van der Waals surface area contributed by atoms with E-state index in [-0.39, 0.29) is 0 Å². The summed E-state index contributed by atoms with van der Waals surface area (Å²) in [7, 11) is 0. The maximum atomic E-state index is 9.03. The van der Waals surface area contributed by atoms with Gasteiger partial charge in [0.25, 0.3) is 0 Å². The van der Waals surface area contributed by atoms with Crippen molar-refractivity contribution in [3.8, 4) is 6.07 Å². The van der Waals surface area contributed by atoms with Crippen molar-refractivity contribution in [1.82, 2.24) is 14.5 Å². The van der Waals surface area contributed by atoms with E-state index in [1.807, 2.05) is 26.0 Å². The molecule has 0 fully saturated rings. The molecule has 0 radical (unpaired) electrons. The predicted octanol–water partition coefficient (Wildman–Crippen LogP) is 2.19. The Morgan fingerprint density at radius 3 is 3.00 bits per heavy atom. The fraction of sp³-hybridized carbons (Fsp3) is 0.400. The second kappa shape index (κ2) is 4.97. The van der Waals surface area contributed by atoms with Gasteiger partial charge in [0.05, 0.1) is 5.69 Å². The van der Waals surface area contributed by atoms with Crippen LogP contribution in [0.25, 0.3) is 0 Å². The number of nitriles is 1. The number of hydrogen-bond donors (Lipinski definition) is 1. The third-order valence-corrected chi connectivity index (χ3v) is 3.67. The highest BCUT2D eigenvalue weighted by atomic mass is 15.1. The first-order valence-electron chi connectivity index (χ1n) is 6.82. The number of nitrogens with zero attached hydrogens (tertiary/aromatic N) is 4. The summed E-state index contributed by atoms with van der Waals surface area (Å²) in [5, 5.41) is 12.5. The van der Waals surface area contributed by atoms with Crippen molar-refractivity contribution in [2.75, 3.05) is 5.32 Å². The number of nitrogens with one attached hydrogen (secondary N) is 1. The third-order valence-electron chi connectivity index (χ3n) is 3.67. The Kier molecular flexibility index (Phi) is 3.15. The van der Waals surface area contributed by atoms with Crippen LogP contribution < -0.4 is 5.32 Å². The molecule has 5 nitrogen and oxygen atoms in total. The number of anilines is 1. The number of hydrogen-bond acceptors (Lipinski definition) is 4. The summed E-state index contributed by atoms with van der Waals surface area (Å²) in [5.41, 5.74) is 2.47. The number of aromatic nitrogens is 3. The van der Waals surface area contributed by atoms with Gasteiger partial charge in [0.15, 0.2) is 0 Å². The minimum Gasteiger partial charge on any atom is -0.365 e. The Morgan fingerprint density at radius 2 is 2.20 bits per heavy atom. The molecule has 0 saturated heterocycles. The van der Waals surface area contributed by atoms with E-state index in [0.29, 0.717) is 11.7 Å². The zero-order chi connectivity index (χ0) is 14.1. The van der Waals surface area contributed by atoms with Crippen molar-refractivity contribution < 1.29 is 0 Å². The highest BCUT2D eigenvalue weighted by Gasteiger charge is 2.19. The molecule has 5 heteroatoms. The molecule has 1 unspecified atom stereocenters. The van der Waals surface area contributed by atoms with Crippen molar-refractivity contribution in [3.05, 3.63) is 41.1 Å². The minimum atomic E-state index is 0.331. The van der Waals surface area contributed by atoms with Gasteiger partial charge in [0.2, 0.25) is 0 Å². The Labute approximate surface area is 118 Å². The molecule has 0 bridgehead atoms. The summed E-state index contributed by atoms with van der Waals surface area (Å²) in [5.74, 6) is 1.94. The predicted molar refractivity (Wildman–Crippen MR) is 76.4 cm³/mol. The lowest BCUT2D eigenvalue weighted by atomic mass is 10.1. The second-order valence-electron chi connectivity index (χ2n) is 5.30. The quantitative estimate of drug-likeness (QED) is 0.905. The summed E-state index contributed by atoms with van der Waals surface area (Å²) in [6.45, 7) is 4.82. The summed E-state index contributed by atoms with van der Waals surface area (Å²) in [4.78, 5) is 8.86. The molecular weight excluding hydrogens is 250 g/mol. The molecule has 2 aromatic heterocycles. The summed E-state index contributed by atoms with van der Waals surface area (Å²) in [6.07, 6.45) is 4.10. The number of fused-ring (bicyclic) bond motifs is 1. The minimum absolute atomic E-state index is 0.331. The van der Waals surface area contributed by atoms with Gasteiger partial charge in [0, 0.05) is 25.2 Å². The average molecular weight is 267 g/mol. The van der Waals surface area contributed by atoms with E-state index >= 15 is 0 Å². The molecule has 1 atom stereocenters. The number of rotatable bonds is 2. The fourth-order valence-electron chi connectivity index (χ4n) is 2.64. The average Bonchev–Trinajstić information content (AvgIpc) is 2.80. The molecule has 3 heterocycles. The third kappa shape index (κ3) is 2.37. The zero-order valence-electron chi connectivity index (χ0n) is 11.7. The number of imidazole rings is 1. The van der Waals surface area contributed by atoms with Crippen LogP contribution in [0.3, 0.4) is 0 Å². The molecule has 0 aromatic carbocycles. The van der Waals surface area contributed by atoms with E-state index < -0.39 is 0 Å². The maximum absolute atomic E-state index is 9.03. The largest absolute Gasteiger partial charge is 0.365 e. The SMILES string of the molecule is Cc1cn2c(n1)CCC(Nc1ccc(C)c(C#N)n1)C2. The highest BCUT2D eigenvalue weighted by molar-refractivity contribution is 5.43. The lowest BCUT2D eigenvalue weighted by molar-refractivity contribution is 0.475. The fourth-order valence-corrected chi connectivity index (χ4v) is 2.64. The van der Waals surface area contributed by atoms with Crippen molar-refractivity contribution in [2.24, 2.45) is 0 Å². The van der Waals surface area contributed by atoms with Crippen molar-refractivity contribution in [3.63, 3.8) is 0 Å². The summed E-state index contributed by atoms with van der Waals surface area (Å²) >= 11 is 0. The van der Waals surface area contributed by atoms with Gasteiger partial charge < -0.3 is 9.88 Å². The highest BCUT2D eigenvalue weighted by Crippen LogP contribution is 2.19. The van der Waals surface area contributed by atoms with E-state index in [9.17, 15) is 0 Å². The molecule has 1 aliphatic rings. The normalized spacial score (nSPS) is 17.4. The van der Waals surface area contributed by atoms with Crippen molar-refractivity contribution in [1.29, 1.82) is 5.26 Å². The van der Waals surface area contributed by atoms with E-state index in [4.69, 9.17) is 5.26 Å². The van der Waals surface area contributed by atoms with Crippen LogP contribution in [0.1, 0.15) is 29.2 Å². The Bertz CT molecular complexity index is 680.